The molecule has 3 rings (SSSR count). The second kappa shape index (κ2) is 5.86. The Kier molecular flexibility index (Phi) is 4.03. The molecule has 2 aromatic rings. The Morgan fingerprint density at radius 3 is 2.43 bits per heavy atom. The van der Waals surface area contributed by atoms with Gasteiger partial charge in [-0.3, -0.25) is 0 Å². The molecular formula is C21H25NO. The molecule has 2 nitrogen and oxygen atoms in total. The van der Waals surface area contributed by atoms with Gasteiger partial charge in [0.05, 0.1) is 0 Å². The first kappa shape index (κ1) is 15.8. The maximum Gasteiger partial charge on any atom is 0.115 e. The van der Waals surface area contributed by atoms with Crippen molar-refractivity contribution in [1.29, 1.82) is 0 Å². The Labute approximate surface area is 139 Å². The standard InChI is InChI=1S/C21H25NO/c1-21(2)19-10-6-5-8-17(19)16(9-7-13-22(3)4)18-12-11-15(23)14-20(18)21/h5-6,8-12,14,23H,7,13H2,1-4H3/b16-9-. The molecule has 0 saturated carbocycles. The lowest BCUT2D eigenvalue weighted by molar-refractivity contribution is 0.417. The SMILES string of the molecule is CN(C)CC/C=C1/c2ccccc2C(C)(C)c2cc(O)ccc21. The minimum absolute atomic E-state index is 0.108. The average Bonchev–Trinajstić information content (AvgIpc) is 2.51. The molecule has 0 aliphatic heterocycles. The highest BCUT2D eigenvalue weighted by atomic mass is 16.3. The van der Waals surface area contributed by atoms with Crippen LogP contribution in [0.1, 0.15) is 42.5 Å². The fraction of sp³-hybridized carbons (Fsp3) is 0.333. The third-order valence-corrected chi connectivity index (χ3v) is 4.78. The van der Waals surface area contributed by atoms with E-state index in [1.165, 1.54) is 27.8 Å². The Morgan fingerprint density at radius 2 is 1.70 bits per heavy atom. The summed E-state index contributed by atoms with van der Waals surface area (Å²) in [7, 11) is 4.20. The lowest BCUT2D eigenvalue weighted by Gasteiger charge is -2.36. The summed E-state index contributed by atoms with van der Waals surface area (Å²) in [4.78, 5) is 2.20. The molecule has 0 saturated heterocycles. The van der Waals surface area contributed by atoms with Gasteiger partial charge in [-0.2, -0.15) is 0 Å². The molecule has 0 atom stereocenters. The van der Waals surface area contributed by atoms with E-state index in [9.17, 15) is 5.11 Å². The van der Waals surface area contributed by atoms with Crippen molar-refractivity contribution in [3.05, 3.63) is 70.8 Å². The van der Waals surface area contributed by atoms with Crippen molar-refractivity contribution in [3.8, 4) is 5.75 Å². The van der Waals surface area contributed by atoms with Crippen LogP contribution in [0.4, 0.5) is 0 Å². The van der Waals surface area contributed by atoms with Crippen LogP contribution >= 0.6 is 0 Å². The lowest BCUT2D eigenvalue weighted by atomic mass is 9.67. The molecule has 0 amide bonds. The molecule has 2 heteroatoms. The molecule has 0 aromatic heterocycles. The van der Waals surface area contributed by atoms with Crippen molar-refractivity contribution in [2.75, 3.05) is 20.6 Å². The molecular weight excluding hydrogens is 282 g/mol. The lowest BCUT2D eigenvalue weighted by Crippen LogP contribution is -2.26. The van der Waals surface area contributed by atoms with Gasteiger partial charge in [0, 0.05) is 12.0 Å². The van der Waals surface area contributed by atoms with E-state index in [1.54, 1.807) is 6.07 Å². The Bertz CT molecular complexity index is 756. The second-order valence-corrected chi connectivity index (χ2v) is 7.11. The summed E-state index contributed by atoms with van der Waals surface area (Å²) in [5, 5.41) is 9.98. The molecule has 2 aromatic carbocycles. The summed E-state index contributed by atoms with van der Waals surface area (Å²) in [5.74, 6) is 0.337. The number of rotatable bonds is 3. The summed E-state index contributed by atoms with van der Waals surface area (Å²) < 4.78 is 0. The first-order valence-corrected chi connectivity index (χ1v) is 8.20. The van der Waals surface area contributed by atoms with Gasteiger partial charge in [-0.05, 0) is 60.5 Å². The molecule has 0 fully saturated rings. The van der Waals surface area contributed by atoms with Crippen molar-refractivity contribution < 1.29 is 5.11 Å². The van der Waals surface area contributed by atoms with E-state index in [4.69, 9.17) is 0 Å². The van der Waals surface area contributed by atoms with Gasteiger partial charge in [-0.1, -0.05) is 50.3 Å². The first-order valence-electron chi connectivity index (χ1n) is 8.20. The summed E-state index contributed by atoms with van der Waals surface area (Å²) >= 11 is 0. The van der Waals surface area contributed by atoms with Crippen LogP contribution < -0.4 is 0 Å². The van der Waals surface area contributed by atoms with Crippen molar-refractivity contribution in [3.63, 3.8) is 0 Å². The third kappa shape index (κ3) is 2.79. The molecule has 23 heavy (non-hydrogen) atoms. The largest absolute Gasteiger partial charge is 0.508 e. The van der Waals surface area contributed by atoms with Crippen molar-refractivity contribution in [2.45, 2.75) is 25.7 Å². The molecule has 0 unspecified atom stereocenters. The van der Waals surface area contributed by atoms with Gasteiger partial charge in [-0.15, -0.1) is 0 Å². The topological polar surface area (TPSA) is 23.5 Å². The fourth-order valence-corrected chi connectivity index (χ4v) is 3.52. The van der Waals surface area contributed by atoms with Crippen molar-refractivity contribution in [2.24, 2.45) is 0 Å². The molecule has 1 aliphatic carbocycles. The second-order valence-electron chi connectivity index (χ2n) is 7.11. The van der Waals surface area contributed by atoms with Crippen LogP contribution in [0.3, 0.4) is 0 Å². The summed E-state index contributed by atoms with van der Waals surface area (Å²) in [6, 6.07) is 14.4. The van der Waals surface area contributed by atoms with E-state index in [0.29, 0.717) is 5.75 Å². The zero-order valence-electron chi connectivity index (χ0n) is 14.4. The normalized spacial score (nSPS) is 17.2. The van der Waals surface area contributed by atoms with Gasteiger partial charge in [0.1, 0.15) is 5.75 Å². The van der Waals surface area contributed by atoms with Crippen LogP contribution in [0, 0.1) is 0 Å². The fourth-order valence-electron chi connectivity index (χ4n) is 3.52. The van der Waals surface area contributed by atoms with Gasteiger partial charge < -0.3 is 10.0 Å². The van der Waals surface area contributed by atoms with E-state index in [0.717, 1.165) is 13.0 Å². The number of fused-ring (bicyclic) bond motifs is 2. The highest BCUT2D eigenvalue weighted by Gasteiger charge is 2.34. The molecule has 1 N–H and O–H groups in total. The molecule has 0 spiro atoms. The van der Waals surface area contributed by atoms with Crippen LogP contribution in [0.5, 0.6) is 5.75 Å². The van der Waals surface area contributed by atoms with Gasteiger partial charge in [0.25, 0.3) is 0 Å². The van der Waals surface area contributed by atoms with Gasteiger partial charge in [-0.25, -0.2) is 0 Å². The third-order valence-electron chi connectivity index (χ3n) is 4.78. The maximum absolute atomic E-state index is 9.98. The van der Waals surface area contributed by atoms with Crippen LogP contribution in [0.2, 0.25) is 0 Å². The smallest absolute Gasteiger partial charge is 0.115 e. The summed E-state index contributed by atoms with van der Waals surface area (Å²) in [6.07, 6.45) is 3.35. The summed E-state index contributed by atoms with van der Waals surface area (Å²) in [5.41, 5.74) is 6.27. The zero-order chi connectivity index (χ0) is 16.6. The maximum atomic E-state index is 9.98. The Morgan fingerprint density at radius 1 is 1.00 bits per heavy atom. The molecule has 0 radical (unpaired) electrons. The number of phenolic OH excluding ortho intramolecular Hbond substituents is 1. The van der Waals surface area contributed by atoms with E-state index >= 15 is 0 Å². The van der Waals surface area contributed by atoms with Gasteiger partial charge in [0.2, 0.25) is 0 Å². The number of nitrogens with zero attached hydrogens (tertiary/aromatic N) is 1. The van der Waals surface area contributed by atoms with Crippen LogP contribution in [0.25, 0.3) is 5.57 Å². The molecule has 120 valence electrons. The van der Waals surface area contributed by atoms with E-state index in [2.05, 4.69) is 69.3 Å². The zero-order valence-corrected chi connectivity index (χ0v) is 14.4. The van der Waals surface area contributed by atoms with Gasteiger partial charge in [0.15, 0.2) is 0 Å². The van der Waals surface area contributed by atoms with Crippen molar-refractivity contribution in [1.82, 2.24) is 4.90 Å². The average molecular weight is 307 g/mol. The van der Waals surface area contributed by atoms with E-state index < -0.39 is 0 Å². The van der Waals surface area contributed by atoms with Crippen LogP contribution in [0.15, 0.2) is 48.5 Å². The van der Waals surface area contributed by atoms with Crippen molar-refractivity contribution >= 4 is 5.57 Å². The van der Waals surface area contributed by atoms with Crippen LogP contribution in [-0.4, -0.2) is 30.6 Å². The van der Waals surface area contributed by atoms with Gasteiger partial charge >= 0.3 is 0 Å². The van der Waals surface area contributed by atoms with E-state index in [-0.39, 0.29) is 5.41 Å². The number of hydrogen-bond acceptors (Lipinski definition) is 2. The molecule has 1 aliphatic rings. The number of aromatic hydroxyl groups is 1. The van der Waals surface area contributed by atoms with E-state index in [1.807, 2.05) is 6.07 Å². The monoisotopic (exact) mass is 307 g/mol. The molecule has 0 heterocycles. The minimum Gasteiger partial charge on any atom is -0.508 e. The first-order chi connectivity index (χ1) is 10.9. The predicted octanol–water partition coefficient (Wildman–Crippen LogP) is 4.41. The Balaban J connectivity index is 2.18. The summed E-state index contributed by atoms with van der Waals surface area (Å²) in [6.45, 7) is 5.50. The quantitative estimate of drug-likeness (QED) is 0.907. The number of phenols is 1. The Hall–Kier alpha value is -2.06. The highest BCUT2D eigenvalue weighted by Crippen LogP contribution is 2.47. The minimum atomic E-state index is -0.108. The number of hydrogen-bond donors (Lipinski definition) is 1. The van der Waals surface area contributed by atoms with Crippen LogP contribution in [-0.2, 0) is 5.41 Å². The highest BCUT2D eigenvalue weighted by molar-refractivity contribution is 5.87. The number of benzene rings is 2. The molecule has 0 bridgehead atoms. The predicted molar refractivity (Wildman–Crippen MR) is 96.9 cm³/mol.